The van der Waals surface area contributed by atoms with E-state index in [-0.39, 0.29) is 11.8 Å². The van der Waals surface area contributed by atoms with Gasteiger partial charge in [0.15, 0.2) is 0 Å². The van der Waals surface area contributed by atoms with Gasteiger partial charge in [0, 0.05) is 6.54 Å². The first-order chi connectivity index (χ1) is 12.6. The predicted molar refractivity (Wildman–Crippen MR) is 109 cm³/mol. The average Bonchev–Trinajstić information content (AvgIpc) is 3.13. The number of carbonyl (C=O) groups excluding carboxylic acids is 1. The molecule has 0 bridgehead atoms. The minimum absolute atomic E-state index is 0.235. The van der Waals surface area contributed by atoms with Crippen molar-refractivity contribution < 1.29 is 4.79 Å². The highest BCUT2D eigenvalue weighted by molar-refractivity contribution is 5.93. The van der Waals surface area contributed by atoms with Gasteiger partial charge in [-0.2, -0.15) is 0 Å². The van der Waals surface area contributed by atoms with Crippen LogP contribution in [0.3, 0.4) is 0 Å². The fraction of sp³-hybridized carbons (Fsp3) is 0.435. The van der Waals surface area contributed by atoms with E-state index in [4.69, 9.17) is 5.73 Å². The number of amides is 1. The number of rotatable bonds is 7. The molecule has 2 aromatic rings. The SMILES string of the molecule is CC(C)=CCC(C(N)=O)c1c(CCN2CCCC2)ccc2ccccc12. The van der Waals surface area contributed by atoms with Gasteiger partial charge in [-0.3, -0.25) is 4.79 Å². The van der Waals surface area contributed by atoms with Gasteiger partial charge >= 0.3 is 0 Å². The lowest BCUT2D eigenvalue weighted by atomic mass is 9.85. The Balaban J connectivity index is 2.01. The van der Waals surface area contributed by atoms with Gasteiger partial charge in [-0.1, -0.05) is 48.0 Å². The summed E-state index contributed by atoms with van der Waals surface area (Å²) >= 11 is 0. The first-order valence-corrected chi connectivity index (χ1v) is 9.72. The molecule has 0 saturated carbocycles. The number of hydrogen-bond donors (Lipinski definition) is 1. The van der Waals surface area contributed by atoms with Crippen LogP contribution in [0.5, 0.6) is 0 Å². The molecule has 1 atom stereocenters. The zero-order valence-corrected chi connectivity index (χ0v) is 16.0. The maximum Gasteiger partial charge on any atom is 0.225 e. The molecule has 1 aliphatic rings. The maximum absolute atomic E-state index is 12.4. The standard InChI is InChI=1S/C23H30N2O/c1-17(2)9-12-21(23(24)26)22-19(13-16-25-14-5-6-15-25)11-10-18-7-3-4-8-20(18)22/h3-4,7-11,21H,5-6,12-16H2,1-2H3,(H2,24,26). The highest BCUT2D eigenvalue weighted by Gasteiger charge is 2.23. The summed E-state index contributed by atoms with van der Waals surface area (Å²) in [5.74, 6) is -0.508. The third-order valence-corrected chi connectivity index (χ3v) is 5.41. The molecule has 1 amide bonds. The van der Waals surface area contributed by atoms with Crippen molar-refractivity contribution in [1.82, 2.24) is 4.90 Å². The minimum Gasteiger partial charge on any atom is -0.369 e. The zero-order chi connectivity index (χ0) is 18.5. The normalized spacial score (nSPS) is 15.9. The molecule has 1 aliphatic heterocycles. The fourth-order valence-corrected chi connectivity index (χ4v) is 3.98. The van der Waals surface area contributed by atoms with Gasteiger partial charge in [0.2, 0.25) is 5.91 Å². The van der Waals surface area contributed by atoms with Gasteiger partial charge in [0.25, 0.3) is 0 Å². The molecule has 3 heteroatoms. The molecule has 0 aliphatic carbocycles. The average molecular weight is 351 g/mol. The van der Waals surface area contributed by atoms with Gasteiger partial charge in [-0.05, 0) is 74.5 Å². The first kappa shape index (κ1) is 18.7. The molecule has 1 fully saturated rings. The molecule has 26 heavy (non-hydrogen) atoms. The smallest absolute Gasteiger partial charge is 0.225 e. The van der Waals surface area contributed by atoms with Crippen LogP contribution in [0, 0.1) is 0 Å². The van der Waals surface area contributed by atoms with Crippen molar-refractivity contribution in [2.75, 3.05) is 19.6 Å². The zero-order valence-electron chi connectivity index (χ0n) is 16.0. The lowest BCUT2D eigenvalue weighted by molar-refractivity contribution is -0.119. The Morgan fingerprint density at radius 1 is 1.15 bits per heavy atom. The first-order valence-electron chi connectivity index (χ1n) is 9.72. The monoisotopic (exact) mass is 350 g/mol. The molecule has 2 aromatic carbocycles. The lowest BCUT2D eigenvalue weighted by Gasteiger charge is -2.21. The van der Waals surface area contributed by atoms with E-state index in [0.29, 0.717) is 6.42 Å². The Hall–Kier alpha value is -2.13. The largest absolute Gasteiger partial charge is 0.369 e. The van der Waals surface area contributed by atoms with Crippen molar-refractivity contribution >= 4 is 16.7 Å². The molecule has 0 radical (unpaired) electrons. The van der Waals surface area contributed by atoms with Gasteiger partial charge < -0.3 is 10.6 Å². The highest BCUT2D eigenvalue weighted by Crippen LogP contribution is 2.32. The molecule has 138 valence electrons. The van der Waals surface area contributed by atoms with Crippen molar-refractivity contribution in [3.8, 4) is 0 Å². The molecule has 1 saturated heterocycles. The number of likely N-dealkylation sites (tertiary alicyclic amines) is 1. The van der Waals surface area contributed by atoms with Gasteiger partial charge in [0.1, 0.15) is 0 Å². The second-order valence-electron chi connectivity index (χ2n) is 7.63. The van der Waals surface area contributed by atoms with Crippen LogP contribution >= 0.6 is 0 Å². The third kappa shape index (κ3) is 4.34. The van der Waals surface area contributed by atoms with E-state index in [1.807, 2.05) is 6.07 Å². The van der Waals surface area contributed by atoms with Crippen LogP contribution in [0.15, 0.2) is 48.0 Å². The number of carbonyl (C=O) groups is 1. The van der Waals surface area contributed by atoms with Crippen molar-refractivity contribution in [1.29, 1.82) is 0 Å². The summed E-state index contributed by atoms with van der Waals surface area (Å²) in [6, 6.07) is 12.7. The van der Waals surface area contributed by atoms with E-state index in [1.54, 1.807) is 0 Å². The summed E-state index contributed by atoms with van der Waals surface area (Å²) in [7, 11) is 0. The Bertz CT molecular complexity index is 799. The van der Waals surface area contributed by atoms with Crippen LogP contribution in [0.25, 0.3) is 10.8 Å². The molecule has 0 aromatic heterocycles. The summed E-state index contributed by atoms with van der Waals surface area (Å²) in [5, 5.41) is 2.34. The van der Waals surface area contributed by atoms with Crippen LogP contribution in [-0.4, -0.2) is 30.4 Å². The van der Waals surface area contributed by atoms with Gasteiger partial charge in [-0.25, -0.2) is 0 Å². The highest BCUT2D eigenvalue weighted by atomic mass is 16.1. The van der Waals surface area contributed by atoms with Crippen LogP contribution in [-0.2, 0) is 11.2 Å². The quantitative estimate of drug-likeness (QED) is 0.752. The van der Waals surface area contributed by atoms with E-state index in [2.05, 4.69) is 55.2 Å². The molecular formula is C23H30N2O. The number of hydrogen-bond acceptors (Lipinski definition) is 2. The van der Waals surface area contributed by atoms with Crippen LogP contribution in [0.2, 0.25) is 0 Å². The predicted octanol–water partition coefficient (Wildman–Crippen LogP) is 4.40. The molecule has 3 rings (SSSR count). The van der Waals surface area contributed by atoms with Crippen molar-refractivity contribution in [3.63, 3.8) is 0 Å². The number of nitrogens with two attached hydrogens (primary N) is 1. The Morgan fingerprint density at radius 3 is 2.58 bits per heavy atom. The van der Waals surface area contributed by atoms with E-state index < -0.39 is 0 Å². The van der Waals surface area contributed by atoms with E-state index >= 15 is 0 Å². The number of allylic oxidation sites excluding steroid dienone is 2. The Morgan fingerprint density at radius 2 is 1.88 bits per heavy atom. The Kier molecular flexibility index (Phi) is 6.10. The molecule has 1 heterocycles. The van der Waals surface area contributed by atoms with Crippen molar-refractivity contribution in [3.05, 3.63) is 59.2 Å². The second-order valence-corrected chi connectivity index (χ2v) is 7.63. The van der Waals surface area contributed by atoms with Crippen molar-refractivity contribution in [2.45, 2.75) is 45.4 Å². The summed E-state index contributed by atoms with van der Waals surface area (Å²) in [4.78, 5) is 14.9. The second kappa shape index (κ2) is 8.50. The van der Waals surface area contributed by atoms with Crippen LogP contribution in [0.1, 0.15) is 50.2 Å². The van der Waals surface area contributed by atoms with Gasteiger partial charge in [-0.15, -0.1) is 0 Å². The molecule has 2 N–H and O–H groups in total. The topological polar surface area (TPSA) is 46.3 Å². The molecule has 3 nitrogen and oxygen atoms in total. The Labute approximate surface area is 156 Å². The van der Waals surface area contributed by atoms with E-state index in [0.717, 1.165) is 23.9 Å². The van der Waals surface area contributed by atoms with E-state index in [9.17, 15) is 4.79 Å². The van der Waals surface area contributed by atoms with E-state index in [1.165, 1.54) is 42.5 Å². The van der Waals surface area contributed by atoms with Crippen LogP contribution < -0.4 is 5.73 Å². The summed E-state index contributed by atoms with van der Waals surface area (Å²) in [5.41, 5.74) is 9.47. The lowest BCUT2D eigenvalue weighted by Crippen LogP contribution is -2.25. The number of benzene rings is 2. The third-order valence-electron chi connectivity index (χ3n) is 5.41. The number of fused-ring (bicyclic) bond motifs is 1. The molecule has 1 unspecified atom stereocenters. The summed E-state index contributed by atoms with van der Waals surface area (Å²) < 4.78 is 0. The number of nitrogens with zero attached hydrogens (tertiary/aromatic N) is 1. The fourth-order valence-electron chi connectivity index (χ4n) is 3.98. The molecule has 0 spiro atoms. The molecular weight excluding hydrogens is 320 g/mol. The van der Waals surface area contributed by atoms with Crippen LogP contribution in [0.4, 0.5) is 0 Å². The summed E-state index contributed by atoms with van der Waals surface area (Å²) in [6.45, 7) is 7.57. The minimum atomic E-state index is -0.274. The number of primary amides is 1. The maximum atomic E-state index is 12.4. The van der Waals surface area contributed by atoms with Gasteiger partial charge in [0.05, 0.1) is 5.92 Å². The summed E-state index contributed by atoms with van der Waals surface area (Å²) in [6.07, 6.45) is 6.37. The van der Waals surface area contributed by atoms with Crippen molar-refractivity contribution in [2.24, 2.45) is 5.73 Å².